The Labute approximate surface area is 138 Å². The van der Waals surface area contributed by atoms with Gasteiger partial charge < -0.3 is 15.0 Å². The van der Waals surface area contributed by atoms with Crippen molar-refractivity contribution in [3.05, 3.63) is 35.9 Å². The molecular weight excluding hydrogens is 288 g/mol. The first-order valence-corrected chi connectivity index (χ1v) is 8.91. The van der Waals surface area contributed by atoms with Gasteiger partial charge in [0.1, 0.15) is 6.61 Å². The van der Waals surface area contributed by atoms with Crippen LogP contribution < -0.4 is 5.32 Å². The van der Waals surface area contributed by atoms with Crippen molar-refractivity contribution >= 4 is 6.09 Å². The Morgan fingerprint density at radius 2 is 2.09 bits per heavy atom. The van der Waals surface area contributed by atoms with Gasteiger partial charge in [0.15, 0.2) is 0 Å². The van der Waals surface area contributed by atoms with Gasteiger partial charge in [-0.1, -0.05) is 50.1 Å². The summed E-state index contributed by atoms with van der Waals surface area (Å²) in [5, 5.41) is 3.70. The van der Waals surface area contributed by atoms with E-state index in [1.807, 2.05) is 30.3 Å². The molecule has 124 valence electrons. The first-order valence-electron chi connectivity index (χ1n) is 8.91. The second-order valence-corrected chi connectivity index (χ2v) is 7.57. The molecule has 1 aliphatic carbocycles. The molecule has 0 aromatic heterocycles. The summed E-state index contributed by atoms with van der Waals surface area (Å²) in [4.78, 5) is 14.9. The maximum atomic E-state index is 12.8. The molecule has 23 heavy (non-hydrogen) atoms. The molecule has 2 aliphatic heterocycles. The molecule has 1 aromatic carbocycles. The highest BCUT2D eigenvalue weighted by molar-refractivity contribution is 5.69. The average Bonchev–Trinajstić information content (AvgIpc) is 2.68. The lowest BCUT2D eigenvalue weighted by Crippen LogP contribution is -2.51. The first kappa shape index (κ1) is 15.0. The number of carbonyl (C=O) groups is 1. The lowest BCUT2D eigenvalue weighted by molar-refractivity contribution is 0.0708. The summed E-state index contributed by atoms with van der Waals surface area (Å²) in [5.74, 6) is 0. The fourth-order valence-electron chi connectivity index (χ4n) is 5.03. The van der Waals surface area contributed by atoms with Crippen LogP contribution in [0.3, 0.4) is 0 Å². The minimum atomic E-state index is -0.128. The van der Waals surface area contributed by atoms with Crippen LogP contribution in [0.25, 0.3) is 0 Å². The summed E-state index contributed by atoms with van der Waals surface area (Å²) >= 11 is 0. The van der Waals surface area contributed by atoms with Gasteiger partial charge in [-0.15, -0.1) is 0 Å². The van der Waals surface area contributed by atoms with Crippen LogP contribution in [0.2, 0.25) is 0 Å². The topological polar surface area (TPSA) is 41.6 Å². The highest BCUT2D eigenvalue weighted by Crippen LogP contribution is 2.50. The number of amides is 1. The summed E-state index contributed by atoms with van der Waals surface area (Å²) in [5.41, 5.74) is 1.26. The second-order valence-electron chi connectivity index (χ2n) is 7.57. The predicted molar refractivity (Wildman–Crippen MR) is 89.0 cm³/mol. The van der Waals surface area contributed by atoms with Gasteiger partial charge in [0.2, 0.25) is 0 Å². The van der Waals surface area contributed by atoms with Gasteiger partial charge in [-0.2, -0.15) is 0 Å². The maximum absolute atomic E-state index is 12.8. The molecule has 1 aromatic rings. The normalized spacial score (nSPS) is 35.7. The molecule has 0 spiro atoms. The molecule has 4 rings (SSSR count). The lowest BCUT2D eigenvalue weighted by atomic mass is 9.72. The van der Waals surface area contributed by atoms with Gasteiger partial charge in [-0.25, -0.2) is 4.79 Å². The summed E-state index contributed by atoms with van der Waals surface area (Å²) < 4.78 is 5.66. The summed E-state index contributed by atoms with van der Waals surface area (Å²) in [6, 6.07) is 11.1. The van der Waals surface area contributed by atoms with Crippen molar-refractivity contribution < 1.29 is 9.53 Å². The molecule has 1 N–H and O–H groups in total. The van der Waals surface area contributed by atoms with Gasteiger partial charge in [-0.05, 0) is 24.8 Å². The number of carbonyl (C=O) groups excluding carboxylic acids is 1. The Hall–Kier alpha value is -1.55. The Morgan fingerprint density at radius 1 is 1.30 bits per heavy atom. The molecule has 4 atom stereocenters. The van der Waals surface area contributed by atoms with E-state index in [1.54, 1.807) is 0 Å². The maximum Gasteiger partial charge on any atom is 0.410 e. The van der Waals surface area contributed by atoms with Crippen molar-refractivity contribution in [1.82, 2.24) is 10.2 Å². The number of rotatable bonds is 2. The van der Waals surface area contributed by atoms with Crippen molar-refractivity contribution in [3.63, 3.8) is 0 Å². The van der Waals surface area contributed by atoms with Crippen LogP contribution in [-0.4, -0.2) is 35.7 Å². The summed E-state index contributed by atoms with van der Waals surface area (Å²) in [7, 11) is 0. The molecule has 4 nitrogen and oxygen atoms in total. The fourth-order valence-corrected chi connectivity index (χ4v) is 5.03. The van der Waals surface area contributed by atoms with E-state index in [2.05, 4.69) is 17.1 Å². The van der Waals surface area contributed by atoms with E-state index in [1.165, 1.54) is 19.3 Å². The molecule has 0 radical (unpaired) electrons. The lowest BCUT2D eigenvalue weighted by Gasteiger charge is -2.39. The molecule has 4 heteroatoms. The highest BCUT2D eigenvalue weighted by Gasteiger charge is 2.57. The molecule has 0 unspecified atom stereocenters. The third kappa shape index (κ3) is 2.53. The van der Waals surface area contributed by atoms with Gasteiger partial charge in [0, 0.05) is 30.1 Å². The third-order valence-corrected chi connectivity index (χ3v) is 6.20. The Bertz CT molecular complexity index is 576. The molecular formula is C19H26N2O2. The van der Waals surface area contributed by atoms with E-state index in [9.17, 15) is 4.79 Å². The molecule has 1 saturated carbocycles. The van der Waals surface area contributed by atoms with Gasteiger partial charge >= 0.3 is 6.09 Å². The Kier molecular flexibility index (Phi) is 3.80. The zero-order chi connectivity index (χ0) is 15.9. The standard InChI is InChI=1S/C19H26N2O2/c1-19-11-15-12-20-16(19)9-5-6-10-17(19)21(15)18(22)23-13-14-7-3-2-4-8-14/h2-4,7-8,15-17,20H,5-6,9-13H2,1H3/t15-,16+,17-,19+/m1/s1. The highest BCUT2D eigenvalue weighted by atomic mass is 16.6. The number of nitrogens with one attached hydrogen (secondary N) is 1. The zero-order valence-corrected chi connectivity index (χ0v) is 13.8. The fraction of sp³-hybridized carbons (Fsp3) is 0.632. The van der Waals surface area contributed by atoms with E-state index in [0.29, 0.717) is 24.7 Å². The third-order valence-electron chi connectivity index (χ3n) is 6.20. The second kappa shape index (κ2) is 5.82. The number of benzene rings is 1. The van der Waals surface area contributed by atoms with Gasteiger partial charge in [0.25, 0.3) is 0 Å². The van der Waals surface area contributed by atoms with Crippen LogP contribution in [0.15, 0.2) is 30.3 Å². The molecule has 2 saturated heterocycles. The van der Waals surface area contributed by atoms with Gasteiger partial charge in [0.05, 0.1) is 0 Å². The van der Waals surface area contributed by atoms with Crippen molar-refractivity contribution in [1.29, 1.82) is 0 Å². The average molecular weight is 314 g/mol. The van der Waals surface area contributed by atoms with Crippen LogP contribution in [0.5, 0.6) is 0 Å². The monoisotopic (exact) mass is 314 g/mol. The Morgan fingerprint density at radius 3 is 2.91 bits per heavy atom. The minimum Gasteiger partial charge on any atom is -0.445 e. The van der Waals surface area contributed by atoms with Crippen LogP contribution in [0.4, 0.5) is 4.79 Å². The quantitative estimate of drug-likeness (QED) is 0.910. The van der Waals surface area contributed by atoms with Gasteiger partial charge in [-0.3, -0.25) is 0 Å². The van der Waals surface area contributed by atoms with E-state index in [-0.39, 0.29) is 11.5 Å². The predicted octanol–water partition coefficient (Wildman–Crippen LogP) is 3.32. The molecule has 3 fully saturated rings. The number of nitrogens with zero attached hydrogens (tertiary/aromatic N) is 1. The zero-order valence-electron chi connectivity index (χ0n) is 13.8. The summed E-state index contributed by atoms with van der Waals surface area (Å²) in [6.45, 7) is 3.65. The van der Waals surface area contributed by atoms with Crippen LogP contribution in [0, 0.1) is 5.41 Å². The molecule has 3 aliphatic rings. The molecule has 1 amide bonds. The van der Waals surface area contributed by atoms with Crippen LogP contribution >= 0.6 is 0 Å². The summed E-state index contributed by atoms with van der Waals surface area (Å²) in [6.07, 6.45) is 5.83. The van der Waals surface area contributed by atoms with E-state index in [4.69, 9.17) is 4.74 Å². The number of likely N-dealkylation sites (tertiary alicyclic amines) is 1. The first-order chi connectivity index (χ1) is 11.2. The largest absolute Gasteiger partial charge is 0.445 e. The smallest absolute Gasteiger partial charge is 0.410 e. The van der Waals surface area contributed by atoms with E-state index >= 15 is 0 Å². The molecule has 2 bridgehead atoms. The van der Waals surface area contributed by atoms with Crippen LogP contribution in [-0.2, 0) is 11.3 Å². The van der Waals surface area contributed by atoms with E-state index < -0.39 is 0 Å². The Balaban J connectivity index is 1.50. The number of hydrogen-bond acceptors (Lipinski definition) is 3. The van der Waals surface area contributed by atoms with Crippen molar-refractivity contribution in [2.45, 2.75) is 63.8 Å². The number of piperidine rings is 1. The van der Waals surface area contributed by atoms with Crippen molar-refractivity contribution in [3.8, 4) is 0 Å². The van der Waals surface area contributed by atoms with E-state index in [0.717, 1.165) is 24.9 Å². The minimum absolute atomic E-state index is 0.128. The van der Waals surface area contributed by atoms with Crippen LogP contribution in [0.1, 0.15) is 44.6 Å². The SMILES string of the molecule is C[C@]12C[C@@H]3CN[C@H]1CCCC[C@H]2N3C(=O)OCc1ccccc1. The number of hydrogen-bond donors (Lipinski definition) is 1. The van der Waals surface area contributed by atoms with Crippen molar-refractivity contribution in [2.24, 2.45) is 5.41 Å². The molecule has 2 heterocycles. The number of fused-ring (bicyclic) bond motifs is 1. The number of ether oxygens (including phenoxy) is 1. The van der Waals surface area contributed by atoms with Crippen molar-refractivity contribution in [2.75, 3.05) is 6.54 Å².